The predicted molar refractivity (Wildman–Crippen MR) is 335 cm³/mol. The number of carbonyl (C=O) groups excluding carboxylic acids is 4. The van der Waals surface area contributed by atoms with Gasteiger partial charge in [-0.15, -0.1) is 0 Å². The number of phosphoric acid groups is 2. The molecule has 0 amide bonds. The molecule has 3 N–H and O–H groups in total. The van der Waals surface area contributed by atoms with Crippen molar-refractivity contribution in [3.63, 3.8) is 0 Å². The van der Waals surface area contributed by atoms with Gasteiger partial charge in [-0.05, 0) is 37.5 Å². The highest BCUT2D eigenvalue weighted by atomic mass is 31.2. The summed E-state index contributed by atoms with van der Waals surface area (Å²) in [5.74, 6) is -0.701. The van der Waals surface area contributed by atoms with E-state index in [-0.39, 0.29) is 25.7 Å². The zero-order valence-corrected chi connectivity index (χ0v) is 56.0. The molecule has 0 saturated carbocycles. The summed E-state index contributed by atoms with van der Waals surface area (Å²) < 4.78 is 68.0. The van der Waals surface area contributed by atoms with Crippen molar-refractivity contribution in [1.82, 2.24) is 0 Å². The Balaban J connectivity index is 5.24. The van der Waals surface area contributed by atoms with Gasteiger partial charge in [-0.1, -0.05) is 273 Å². The van der Waals surface area contributed by atoms with E-state index in [4.69, 9.17) is 37.0 Å². The molecule has 0 aromatic heterocycles. The lowest BCUT2D eigenvalue weighted by molar-refractivity contribution is -0.161. The first-order chi connectivity index (χ1) is 40.4. The van der Waals surface area contributed by atoms with Crippen molar-refractivity contribution in [3.8, 4) is 0 Å². The van der Waals surface area contributed by atoms with Crippen LogP contribution in [0.15, 0.2) is 0 Å². The summed E-state index contributed by atoms with van der Waals surface area (Å²) in [6.45, 7) is 9.41. The van der Waals surface area contributed by atoms with Crippen LogP contribution in [0, 0.1) is 11.8 Å². The molecule has 0 bridgehead atoms. The van der Waals surface area contributed by atoms with Crippen molar-refractivity contribution in [2.75, 3.05) is 39.6 Å². The standard InChI is InChI=1S/C65H126O17P2/c1-7-9-11-13-15-17-19-24-28-35-41-47-62(67)75-53-60(81-65(70)50-44-38-30-26-22-21-23-27-33-39-45-57(3)4)55-79-83(71,72)77-51-59(66)52-78-84(73,74)80-56-61(54-76-63(68)48-42-36-32-31-34-40-46-58(5)6)82-64(69)49-43-37-29-25-20-18-16-14-12-10-8-2/h57-61,66H,7-56H2,1-6H3,(H,71,72)(H,73,74)/t59-,60-,61-/m1/s1. The van der Waals surface area contributed by atoms with Crippen LogP contribution in [0.3, 0.4) is 0 Å². The van der Waals surface area contributed by atoms with E-state index in [9.17, 15) is 43.2 Å². The van der Waals surface area contributed by atoms with E-state index in [1.54, 1.807) is 0 Å². The second-order valence-electron chi connectivity index (χ2n) is 24.5. The van der Waals surface area contributed by atoms with Gasteiger partial charge in [0, 0.05) is 25.7 Å². The second kappa shape index (κ2) is 57.5. The first-order valence-corrected chi connectivity index (χ1v) is 37.0. The van der Waals surface area contributed by atoms with Gasteiger partial charge in [0.1, 0.15) is 19.3 Å². The number of hydrogen-bond donors (Lipinski definition) is 3. The third kappa shape index (κ3) is 59.0. The number of rotatable bonds is 64. The smallest absolute Gasteiger partial charge is 0.462 e. The van der Waals surface area contributed by atoms with E-state index in [1.807, 2.05) is 0 Å². The third-order valence-electron chi connectivity index (χ3n) is 15.0. The Morgan fingerprint density at radius 3 is 0.810 bits per heavy atom. The lowest BCUT2D eigenvalue weighted by Crippen LogP contribution is -2.30. The van der Waals surface area contributed by atoms with E-state index in [0.29, 0.717) is 31.6 Å². The quantitative estimate of drug-likeness (QED) is 0.0222. The molecule has 0 heterocycles. The summed E-state index contributed by atoms with van der Waals surface area (Å²) >= 11 is 0. The Bertz CT molecular complexity index is 1650. The zero-order chi connectivity index (χ0) is 62.2. The highest BCUT2D eigenvalue weighted by molar-refractivity contribution is 7.47. The van der Waals surface area contributed by atoms with Crippen LogP contribution in [0.25, 0.3) is 0 Å². The van der Waals surface area contributed by atoms with E-state index in [2.05, 4.69) is 41.5 Å². The molecular weight excluding hydrogens is 1110 g/mol. The summed E-state index contributed by atoms with van der Waals surface area (Å²) in [5, 5.41) is 10.5. The maximum Gasteiger partial charge on any atom is 0.472 e. The lowest BCUT2D eigenvalue weighted by Gasteiger charge is -2.21. The zero-order valence-electron chi connectivity index (χ0n) is 54.2. The number of ether oxygens (including phenoxy) is 4. The monoisotopic (exact) mass is 1240 g/mol. The maximum atomic E-state index is 13.0. The largest absolute Gasteiger partial charge is 0.472 e. The number of esters is 4. The topological polar surface area (TPSA) is 237 Å². The molecule has 0 aliphatic carbocycles. The van der Waals surface area contributed by atoms with Crippen LogP contribution in [0.2, 0.25) is 0 Å². The average molecular weight is 1240 g/mol. The number of unbranched alkanes of at least 4 members (excludes halogenated alkanes) is 34. The lowest BCUT2D eigenvalue weighted by atomic mass is 10.0. The Hall–Kier alpha value is -1.94. The van der Waals surface area contributed by atoms with Gasteiger partial charge >= 0.3 is 39.5 Å². The van der Waals surface area contributed by atoms with E-state index in [0.717, 1.165) is 102 Å². The molecule has 0 radical (unpaired) electrons. The van der Waals surface area contributed by atoms with Crippen LogP contribution in [0.4, 0.5) is 0 Å². The molecule has 17 nitrogen and oxygen atoms in total. The van der Waals surface area contributed by atoms with Gasteiger partial charge in [-0.2, -0.15) is 0 Å². The summed E-state index contributed by atoms with van der Waals surface area (Å²) in [6, 6.07) is 0. The molecule has 0 rings (SSSR count). The minimum Gasteiger partial charge on any atom is -0.462 e. The molecule has 0 aliphatic heterocycles. The molecule has 0 aromatic rings. The highest BCUT2D eigenvalue weighted by Gasteiger charge is 2.30. The molecule has 0 spiro atoms. The van der Waals surface area contributed by atoms with Gasteiger partial charge in [0.25, 0.3) is 0 Å². The molecule has 0 aromatic carbocycles. The number of hydrogen-bond acceptors (Lipinski definition) is 15. The van der Waals surface area contributed by atoms with Crippen molar-refractivity contribution in [2.45, 2.75) is 342 Å². The van der Waals surface area contributed by atoms with Gasteiger partial charge in [0.15, 0.2) is 12.2 Å². The fourth-order valence-electron chi connectivity index (χ4n) is 9.71. The minimum absolute atomic E-state index is 0.106. The first-order valence-electron chi connectivity index (χ1n) is 34.0. The minimum atomic E-state index is -4.94. The Labute approximate surface area is 511 Å². The van der Waals surface area contributed by atoms with Gasteiger partial charge < -0.3 is 33.8 Å². The van der Waals surface area contributed by atoms with Crippen LogP contribution in [-0.4, -0.2) is 96.7 Å². The van der Waals surface area contributed by atoms with Crippen molar-refractivity contribution in [3.05, 3.63) is 0 Å². The SMILES string of the molecule is CCCCCCCCCCCCCC(=O)OC[C@H](COP(=O)(O)OC[C@@H](O)COP(=O)(O)OC[C@@H](COC(=O)CCCCCCCCC(C)C)OC(=O)CCCCCCCCCCCCC)OC(=O)CCCCCCCCCCCCC(C)C. The Kier molecular flexibility index (Phi) is 56.2. The second-order valence-corrected chi connectivity index (χ2v) is 27.4. The molecule has 19 heteroatoms. The van der Waals surface area contributed by atoms with Crippen LogP contribution in [-0.2, 0) is 65.4 Å². The van der Waals surface area contributed by atoms with E-state index >= 15 is 0 Å². The number of aliphatic hydroxyl groups is 1. The van der Waals surface area contributed by atoms with Crippen molar-refractivity contribution in [1.29, 1.82) is 0 Å². The molecule has 2 unspecified atom stereocenters. The summed E-state index contributed by atoms with van der Waals surface area (Å²) in [5.41, 5.74) is 0. The third-order valence-corrected chi connectivity index (χ3v) is 16.9. The molecule has 498 valence electrons. The number of phosphoric ester groups is 2. The fourth-order valence-corrected chi connectivity index (χ4v) is 11.3. The summed E-state index contributed by atoms with van der Waals surface area (Å²) in [6.07, 6.45) is 40.3. The molecule has 5 atom stereocenters. The fraction of sp³-hybridized carbons (Fsp3) is 0.938. The maximum absolute atomic E-state index is 13.0. The molecule has 84 heavy (non-hydrogen) atoms. The molecule has 0 saturated heterocycles. The van der Waals surface area contributed by atoms with Crippen molar-refractivity contribution < 1.29 is 80.2 Å². The predicted octanol–water partition coefficient (Wildman–Crippen LogP) is 18.0. The van der Waals surface area contributed by atoms with Crippen molar-refractivity contribution in [2.24, 2.45) is 11.8 Å². The molecule has 0 aliphatic rings. The van der Waals surface area contributed by atoms with Gasteiger partial charge in [0.05, 0.1) is 26.4 Å². The normalized spacial score (nSPS) is 14.3. The summed E-state index contributed by atoms with van der Waals surface area (Å²) in [7, 11) is -9.89. The van der Waals surface area contributed by atoms with Crippen LogP contribution in [0.5, 0.6) is 0 Å². The van der Waals surface area contributed by atoms with Crippen LogP contribution in [0.1, 0.15) is 324 Å². The van der Waals surface area contributed by atoms with Crippen LogP contribution < -0.4 is 0 Å². The Morgan fingerprint density at radius 1 is 0.321 bits per heavy atom. The number of carbonyl (C=O) groups is 4. The van der Waals surface area contributed by atoms with E-state index < -0.39 is 97.5 Å². The van der Waals surface area contributed by atoms with Gasteiger partial charge in [0.2, 0.25) is 0 Å². The van der Waals surface area contributed by atoms with Crippen LogP contribution >= 0.6 is 15.6 Å². The van der Waals surface area contributed by atoms with E-state index in [1.165, 1.54) is 135 Å². The molecule has 0 fully saturated rings. The Morgan fingerprint density at radius 2 is 0.548 bits per heavy atom. The average Bonchev–Trinajstić information content (AvgIpc) is 3.45. The summed E-state index contributed by atoms with van der Waals surface area (Å²) in [4.78, 5) is 72.2. The van der Waals surface area contributed by atoms with Crippen molar-refractivity contribution >= 4 is 39.5 Å². The first kappa shape index (κ1) is 82.1. The van der Waals surface area contributed by atoms with Gasteiger partial charge in [-0.3, -0.25) is 37.3 Å². The highest BCUT2D eigenvalue weighted by Crippen LogP contribution is 2.45. The molecular formula is C65H126O17P2. The number of aliphatic hydroxyl groups excluding tert-OH is 1. The van der Waals surface area contributed by atoms with Gasteiger partial charge in [-0.25, -0.2) is 9.13 Å².